The van der Waals surface area contributed by atoms with Gasteiger partial charge in [0.25, 0.3) is 0 Å². The molecule has 1 saturated carbocycles. The zero-order valence-electron chi connectivity index (χ0n) is 12.0. The van der Waals surface area contributed by atoms with Crippen molar-refractivity contribution in [3.05, 3.63) is 0 Å². The van der Waals surface area contributed by atoms with Crippen molar-refractivity contribution in [3.63, 3.8) is 0 Å². The van der Waals surface area contributed by atoms with Crippen LogP contribution in [0.3, 0.4) is 0 Å². The van der Waals surface area contributed by atoms with Crippen LogP contribution in [0.4, 0.5) is 13.2 Å². The highest BCUT2D eigenvalue weighted by Crippen LogP contribution is 2.23. The average Bonchev–Trinajstić information content (AvgIpc) is 2.34. The lowest BCUT2D eigenvalue weighted by atomic mass is 9.87. The predicted molar refractivity (Wildman–Crippen MR) is 72.6 cm³/mol. The SMILES string of the molecule is CCNC(=NCC(O)C(F)(F)F)NC1CCCC(C)C1. The molecule has 20 heavy (non-hydrogen) atoms. The van der Waals surface area contributed by atoms with Gasteiger partial charge >= 0.3 is 6.18 Å². The summed E-state index contributed by atoms with van der Waals surface area (Å²) >= 11 is 0. The molecule has 0 spiro atoms. The molecule has 1 aliphatic rings. The van der Waals surface area contributed by atoms with E-state index in [1.165, 1.54) is 6.42 Å². The number of alkyl halides is 3. The molecule has 0 amide bonds. The zero-order chi connectivity index (χ0) is 15.2. The first-order valence-corrected chi connectivity index (χ1v) is 7.12. The van der Waals surface area contributed by atoms with Crippen molar-refractivity contribution in [1.82, 2.24) is 10.6 Å². The van der Waals surface area contributed by atoms with Gasteiger partial charge in [-0.2, -0.15) is 13.2 Å². The molecule has 3 unspecified atom stereocenters. The minimum absolute atomic E-state index is 0.236. The Morgan fingerprint density at radius 3 is 2.65 bits per heavy atom. The minimum atomic E-state index is -4.62. The van der Waals surface area contributed by atoms with Crippen LogP contribution in [-0.2, 0) is 0 Å². The van der Waals surface area contributed by atoms with Crippen molar-refractivity contribution in [2.24, 2.45) is 10.9 Å². The Morgan fingerprint density at radius 1 is 1.40 bits per heavy atom. The molecule has 1 rings (SSSR count). The number of aliphatic hydroxyl groups excluding tert-OH is 1. The van der Waals surface area contributed by atoms with Gasteiger partial charge in [-0.1, -0.05) is 19.8 Å². The van der Waals surface area contributed by atoms with Gasteiger partial charge in [-0.15, -0.1) is 0 Å². The van der Waals surface area contributed by atoms with Crippen LogP contribution >= 0.6 is 0 Å². The van der Waals surface area contributed by atoms with E-state index in [1.54, 1.807) is 0 Å². The lowest BCUT2D eigenvalue weighted by Gasteiger charge is -2.29. The van der Waals surface area contributed by atoms with Crippen LogP contribution in [0.2, 0.25) is 0 Å². The average molecular weight is 295 g/mol. The number of aliphatic imine (C=N–C) groups is 1. The quantitative estimate of drug-likeness (QED) is 0.549. The zero-order valence-corrected chi connectivity index (χ0v) is 12.0. The smallest absolute Gasteiger partial charge is 0.382 e. The largest absolute Gasteiger partial charge is 0.416 e. The van der Waals surface area contributed by atoms with E-state index in [1.807, 2.05) is 6.92 Å². The van der Waals surface area contributed by atoms with Crippen LogP contribution in [0, 0.1) is 5.92 Å². The second-order valence-electron chi connectivity index (χ2n) is 5.39. The third-order valence-electron chi connectivity index (χ3n) is 3.42. The minimum Gasteiger partial charge on any atom is -0.382 e. The second kappa shape index (κ2) is 7.71. The second-order valence-corrected chi connectivity index (χ2v) is 5.39. The molecule has 3 N–H and O–H groups in total. The number of aliphatic hydroxyl groups is 1. The van der Waals surface area contributed by atoms with Gasteiger partial charge in [0.05, 0.1) is 6.54 Å². The maximum Gasteiger partial charge on any atom is 0.416 e. The molecule has 0 aromatic heterocycles. The fourth-order valence-electron chi connectivity index (χ4n) is 2.36. The Hall–Kier alpha value is -0.980. The molecule has 0 aromatic rings. The van der Waals surface area contributed by atoms with E-state index in [-0.39, 0.29) is 6.04 Å². The fraction of sp³-hybridized carbons (Fsp3) is 0.923. The first kappa shape index (κ1) is 17.1. The van der Waals surface area contributed by atoms with Crippen LogP contribution in [0.25, 0.3) is 0 Å². The van der Waals surface area contributed by atoms with Gasteiger partial charge in [-0.05, 0) is 25.7 Å². The van der Waals surface area contributed by atoms with E-state index < -0.39 is 18.8 Å². The lowest BCUT2D eigenvalue weighted by molar-refractivity contribution is -0.199. The summed E-state index contributed by atoms with van der Waals surface area (Å²) in [6.45, 7) is 3.91. The van der Waals surface area contributed by atoms with Crippen molar-refractivity contribution in [1.29, 1.82) is 0 Å². The van der Waals surface area contributed by atoms with Crippen molar-refractivity contribution >= 4 is 5.96 Å². The molecule has 0 saturated heterocycles. The highest BCUT2D eigenvalue weighted by atomic mass is 19.4. The van der Waals surface area contributed by atoms with Crippen molar-refractivity contribution in [2.45, 2.75) is 57.9 Å². The third kappa shape index (κ3) is 5.98. The topological polar surface area (TPSA) is 56.7 Å². The van der Waals surface area contributed by atoms with Gasteiger partial charge in [0.1, 0.15) is 0 Å². The lowest BCUT2D eigenvalue weighted by Crippen LogP contribution is -2.45. The van der Waals surface area contributed by atoms with E-state index >= 15 is 0 Å². The van der Waals surface area contributed by atoms with Crippen LogP contribution < -0.4 is 10.6 Å². The van der Waals surface area contributed by atoms with Crippen LogP contribution in [0.5, 0.6) is 0 Å². The molecule has 4 nitrogen and oxygen atoms in total. The summed E-state index contributed by atoms with van der Waals surface area (Å²) in [5.74, 6) is 0.958. The summed E-state index contributed by atoms with van der Waals surface area (Å²) in [5, 5.41) is 15.0. The Kier molecular flexibility index (Phi) is 6.58. The molecule has 1 aliphatic carbocycles. The van der Waals surface area contributed by atoms with E-state index in [4.69, 9.17) is 5.11 Å². The van der Waals surface area contributed by atoms with Gasteiger partial charge in [-0.3, -0.25) is 4.99 Å². The van der Waals surface area contributed by atoms with E-state index in [0.29, 0.717) is 18.4 Å². The Labute approximate surface area is 117 Å². The number of hydrogen-bond donors (Lipinski definition) is 3. The van der Waals surface area contributed by atoms with Gasteiger partial charge in [-0.25, -0.2) is 0 Å². The summed E-state index contributed by atoms with van der Waals surface area (Å²) in [5.41, 5.74) is 0. The number of halogens is 3. The molecular formula is C13H24F3N3O. The summed E-state index contributed by atoms with van der Waals surface area (Å²) in [4.78, 5) is 3.82. The number of rotatable bonds is 4. The van der Waals surface area contributed by atoms with Crippen molar-refractivity contribution in [3.8, 4) is 0 Å². The maximum atomic E-state index is 12.2. The molecule has 3 atom stereocenters. The fourth-order valence-corrected chi connectivity index (χ4v) is 2.36. The van der Waals surface area contributed by atoms with Crippen molar-refractivity contribution < 1.29 is 18.3 Å². The number of hydrogen-bond acceptors (Lipinski definition) is 2. The molecule has 0 radical (unpaired) electrons. The van der Waals surface area contributed by atoms with E-state index in [0.717, 1.165) is 19.3 Å². The summed E-state index contributed by atoms with van der Waals surface area (Å²) in [6.07, 6.45) is -2.74. The number of guanidine groups is 1. The monoisotopic (exact) mass is 295 g/mol. The summed E-state index contributed by atoms with van der Waals surface area (Å²) < 4.78 is 36.7. The third-order valence-corrected chi connectivity index (χ3v) is 3.42. The van der Waals surface area contributed by atoms with E-state index in [2.05, 4.69) is 22.5 Å². The maximum absolute atomic E-state index is 12.2. The molecule has 118 valence electrons. The van der Waals surface area contributed by atoms with Gasteiger partial charge in [0, 0.05) is 12.6 Å². The van der Waals surface area contributed by atoms with E-state index in [9.17, 15) is 13.2 Å². The number of nitrogens with one attached hydrogen (secondary N) is 2. The Morgan fingerprint density at radius 2 is 2.10 bits per heavy atom. The van der Waals surface area contributed by atoms with Crippen LogP contribution in [0.1, 0.15) is 39.5 Å². The molecular weight excluding hydrogens is 271 g/mol. The standard InChI is InChI=1S/C13H24F3N3O/c1-3-17-12(18-8-11(20)13(14,15)16)19-10-6-4-5-9(2)7-10/h9-11,20H,3-8H2,1-2H3,(H2,17,18,19). The summed E-state index contributed by atoms with van der Waals surface area (Å²) in [6, 6.07) is 0.236. The Bertz CT molecular complexity index is 320. The van der Waals surface area contributed by atoms with Gasteiger partial charge < -0.3 is 15.7 Å². The summed E-state index contributed by atoms with van der Waals surface area (Å²) in [7, 11) is 0. The first-order chi connectivity index (χ1) is 9.32. The molecule has 0 bridgehead atoms. The molecule has 1 fully saturated rings. The van der Waals surface area contributed by atoms with Crippen LogP contribution in [-0.4, -0.2) is 42.5 Å². The molecule has 0 aromatic carbocycles. The first-order valence-electron chi connectivity index (χ1n) is 7.12. The highest BCUT2D eigenvalue weighted by molar-refractivity contribution is 5.80. The number of nitrogens with zero attached hydrogens (tertiary/aromatic N) is 1. The normalized spacial score (nSPS) is 26.2. The molecule has 0 heterocycles. The Balaban J connectivity index is 2.54. The molecule has 0 aliphatic heterocycles. The van der Waals surface area contributed by atoms with Gasteiger partial charge in [0.2, 0.25) is 0 Å². The molecule has 7 heteroatoms. The van der Waals surface area contributed by atoms with Crippen LogP contribution in [0.15, 0.2) is 4.99 Å². The van der Waals surface area contributed by atoms with Gasteiger partial charge in [0.15, 0.2) is 12.1 Å². The van der Waals surface area contributed by atoms with Crippen molar-refractivity contribution in [2.75, 3.05) is 13.1 Å². The highest BCUT2D eigenvalue weighted by Gasteiger charge is 2.38. The predicted octanol–water partition coefficient (Wildman–Crippen LogP) is 2.04.